The number of pyridine rings is 1. The molecule has 8 nitrogen and oxygen atoms in total. The molecule has 1 amide bonds. The Hall–Kier alpha value is -4.45. The van der Waals surface area contributed by atoms with Crippen molar-refractivity contribution in [2.45, 2.75) is 39.0 Å². The zero-order valence-corrected chi connectivity index (χ0v) is 26.4. The molecule has 5 heterocycles. The Kier molecular flexibility index (Phi) is 7.92. The van der Waals surface area contributed by atoms with Crippen LogP contribution in [0.2, 0.25) is 0 Å². The maximum absolute atomic E-state index is 16.0. The van der Waals surface area contributed by atoms with E-state index in [4.69, 9.17) is 14.8 Å². The summed E-state index contributed by atoms with van der Waals surface area (Å²) in [5, 5.41) is 17.2. The Labute approximate surface area is 269 Å². The lowest BCUT2D eigenvalue weighted by molar-refractivity contribution is -0.129. The lowest BCUT2D eigenvalue weighted by Gasteiger charge is -2.33. The van der Waals surface area contributed by atoms with Crippen LogP contribution in [0.3, 0.4) is 0 Å². The second-order valence-electron chi connectivity index (χ2n) is 11.9. The van der Waals surface area contributed by atoms with Gasteiger partial charge in [0.05, 0.1) is 36.6 Å². The summed E-state index contributed by atoms with van der Waals surface area (Å²) in [6.07, 6.45) is 2.23. The summed E-state index contributed by atoms with van der Waals surface area (Å²) >= 11 is 1.43. The molecule has 2 aliphatic heterocycles. The van der Waals surface area contributed by atoms with Gasteiger partial charge in [-0.05, 0) is 61.2 Å². The number of aliphatic hydroxyl groups is 1. The highest BCUT2D eigenvalue weighted by Gasteiger charge is 2.30. The first-order valence-corrected chi connectivity index (χ1v) is 16.1. The van der Waals surface area contributed by atoms with Gasteiger partial charge >= 0.3 is 0 Å². The number of amides is 1. The molecule has 2 aromatic carbocycles. The highest BCUT2D eigenvalue weighted by atomic mass is 32.1. The second-order valence-corrected chi connectivity index (χ2v) is 12.8. The molecule has 0 fully saturated rings. The molecule has 11 heteroatoms. The quantitative estimate of drug-likeness (QED) is 0.218. The number of carbonyl (C=O) groups is 1. The van der Waals surface area contributed by atoms with Crippen molar-refractivity contribution in [3.63, 3.8) is 0 Å². The van der Waals surface area contributed by atoms with Gasteiger partial charge in [-0.1, -0.05) is 18.7 Å². The maximum atomic E-state index is 16.0. The third kappa shape index (κ3) is 5.28. The number of hydrogen-bond acceptors (Lipinski definition) is 7. The summed E-state index contributed by atoms with van der Waals surface area (Å²) in [5.41, 5.74) is 6.43. The maximum Gasteiger partial charge on any atom is 0.246 e. The Morgan fingerprint density at radius 3 is 2.78 bits per heavy atom. The van der Waals surface area contributed by atoms with Gasteiger partial charge in [-0.2, -0.15) is 5.10 Å². The van der Waals surface area contributed by atoms with Gasteiger partial charge in [0.1, 0.15) is 35.4 Å². The van der Waals surface area contributed by atoms with Gasteiger partial charge in [-0.15, -0.1) is 11.3 Å². The van der Waals surface area contributed by atoms with E-state index in [1.165, 1.54) is 28.5 Å². The van der Waals surface area contributed by atoms with E-state index in [2.05, 4.69) is 36.7 Å². The molecule has 0 aliphatic carbocycles. The van der Waals surface area contributed by atoms with Crippen LogP contribution < -0.4 is 4.74 Å². The predicted molar refractivity (Wildman–Crippen MR) is 174 cm³/mol. The van der Waals surface area contributed by atoms with Gasteiger partial charge in [-0.3, -0.25) is 9.48 Å². The lowest BCUT2D eigenvalue weighted by Crippen LogP contribution is -2.44. The largest absolute Gasteiger partial charge is 0.490 e. The summed E-state index contributed by atoms with van der Waals surface area (Å²) in [6, 6.07) is 12.1. The van der Waals surface area contributed by atoms with E-state index >= 15 is 4.39 Å². The van der Waals surface area contributed by atoms with Crippen LogP contribution in [0.1, 0.15) is 23.7 Å². The zero-order valence-electron chi connectivity index (χ0n) is 25.6. The molecule has 7 rings (SSSR count). The van der Waals surface area contributed by atoms with Crippen molar-refractivity contribution in [1.82, 2.24) is 24.6 Å². The van der Waals surface area contributed by atoms with Crippen LogP contribution >= 0.6 is 11.3 Å². The van der Waals surface area contributed by atoms with Crippen molar-refractivity contribution in [1.29, 1.82) is 0 Å². The van der Waals surface area contributed by atoms with Gasteiger partial charge < -0.3 is 19.6 Å². The summed E-state index contributed by atoms with van der Waals surface area (Å²) in [7, 11) is 2.11. The number of thiophene rings is 1. The number of likely N-dealkylation sites (N-methyl/N-ethyl adjacent to an activating group) is 1. The zero-order chi connectivity index (χ0) is 32.1. The summed E-state index contributed by atoms with van der Waals surface area (Å²) in [5.74, 6) is -1.80. The van der Waals surface area contributed by atoms with Crippen LogP contribution in [0, 0.1) is 11.6 Å². The number of ether oxygens (including phenoxy) is 1. The van der Waals surface area contributed by atoms with Crippen LogP contribution in [-0.4, -0.2) is 68.4 Å². The van der Waals surface area contributed by atoms with Crippen molar-refractivity contribution in [3.8, 4) is 39.5 Å². The predicted octanol–water partition coefficient (Wildman–Crippen LogP) is 6.05. The molecule has 0 bridgehead atoms. The Morgan fingerprint density at radius 1 is 1.13 bits per heavy atom. The van der Waals surface area contributed by atoms with Crippen LogP contribution in [0.15, 0.2) is 60.5 Å². The smallest absolute Gasteiger partial charge is 0.246 e. The summed E-state index contributed by atoms with van der Waals surface area (Å²) < 4.78 is 38.8. The number of halogens is 2. The van der Waals surface area contributed by atoms with Crippen LogP contribution in [0.5, 0.6) is 5.75 Å². The van der Waals surface area contributed by atoms with Crippen LogP contribution in [0.25, 0.3) is 43.9 Å². The first kappa shape index (κ1) is 30.2. The van der Waals surface area contributed by atoms with E-state index in [1.54, 1.807) is 4.90 Å². The molecule has 0 radical (unpaired) electrons. The minimum atomic E-state index is -0.809. The average Bonchev–Trinajstić information content (AvgIpc) is 3.69. The number of fused-ring (bicyclic) bond motifs is 3. The number of hydrogen-bond donors (Lipinski definition) is 1. The highest BCUT2D eigenvalue weighted by molar-refractivity contribution is 7.18. The number of benzene rings is 2. The molecular weight excluding hydrogens is 608 g/mol. The Bertz CT molecular complexity index is 2000. The van der Waals surface area contributed by atoms with Gasteiger partial charge in [0.2, 0.25) is 5.91 Å². The monoisotopic (exact) mass is 641 g/mol. The summed E-state index contributed by atoms with van der Waals surface area (Å²) in [6.45, 7) is 7.78. The number of aliphatic hydroxyl groups excluding tert-OH is 1. The highest BCUT2D eigenvalue weighted by Crippen LogP contribution is 2.47. The molecule has 0 saturated heterocycles. The summed E-state index contributed by atoms with van der Waals surface area (Å²) in [4.78, 5) is 21.9. The number of nitrogens with zero attached hydrogens (tertiary/aromatic N) is 5. The fourth-order valence-electron chi connectivity index (χ4n) is 6.51. The molecule has 2 aliphatic rings. The van der Waals surface area contributed by atoms with E-state index < -0.39 is 11.6 Å². The lowest BCUT2D eigenvalue weighted by atomic mass is 9.93. The molecule has 0 saturated carbocycles. The van der Waals surface area contributed by atoms with Crippen molar-refractivity contribution in [2.75, 3.05) is 26.8 Å². The molecule has 5 aromatic rings. The normalized spacial score (nSPS) is 16.4. The first-order chi connectivity index (χ1) is 22.2. The topological polar surface area (TPSA) is 83.7 Å². The standard InChI is InChI=1S/C35H33F2N5O3S/c1-4-30(44)41-19-25-16-28(39-42(25)17-20(41)2)34-32(31-27(37)14-24(36)15-29(31)45-11-10-43)35-26(8-12-46-35)33(38-34)22-5-6-23-18-40(3)9-7-21(23)13-22/h4-6,8,12-16,20,43H,1,7,9-11,17-19H2,2-3H3/t20-/m1/s1. The minimum Gasteiger partial charge on any atom is -0.490 e. The van der Waals surface area contributed by atoms with Gasteiger partial charge in [0, 0.05) is 52.5 Å². The van der Waals surface area contributed by atoms with E-state index in [1.807, 2.05) is 29.1 Å². The van der Waals surface area contributed by atoms with Gasteiger partial charge in [0.15, 0.2) is 0 Å². The van der Waals surface area contributed by atoms with E-state index in [0.29, 0.717) is 30.0 Å². The van der Waals surface area contributed by atoms with Crippen molar-refractivity contribution >= 4 is 27.3 Å². The third-order valence-corrected chi connectivity index (χ3v) is 9.71. The number of carbonyl (C=O) groups excluding carboxylic acids is 1. The molecule has 1 N–H and O–H groups in total. The van der Waals surface area contributed by atoms with Crippen molar-refractivity contribution < 1.29 is 23.4 Å². The molecule has 3 aromatic heterocycles. The third-order valence-electron chi connectivity index (χ3n) is 8.77. The van der Waals surface area contributed by atoms with Gasteiger partial charge in [0.25, 0.3) is 0 Å². The Morgan fingerprint density at radius 2 is 1.98 bits per heavy atom. The first-order valence-electron chi connectivity index (χ1n) is 15.2. The average molecular weight is 642 g/mol. The molecule has 1 atom stereocenters. The van der Waals surface area contributed by atoms with E-state index in [0.717, 1.165) is 58.7 Å². The van der Waals surface area contributed by atoms with Crippen molar-refractivity contribution in [3.05, 3.63) is 89.0 Å². The number of aromatic nitrogens is 3. The SMILES string of the molecule is C=CC(=O)N1Cc2cc(-c3nc(-c4ccc5c(c4)CCN(C)C5)c4ccsc4c3-c3c(F)cc(F)cc3OCCO)nn2C[C@H]1C. The number of rotatable bonds is 7. The fraction of sp³-hybridized carbons (Fsp3) is 0.286. The van der Waals surface area contributed by atoms with E-state index in [-0.39, 0.29) is 36.5 Å². The van der Waals surface area contributed by atoms with Crippen molar-refractivity contribution in [2.24, 2.45) is 0 Å². The van der Waals surface area contributed by atoms with Gasteiger partial charge in [-0.25, -0.2) is 13.8 Å². The molecule has 46 heavy (non-hydrogen) atoms. The molecule has 236 valence electrons. The molecular formula is C35H33F2N5O3S. The van der Waals surface area contributed by atoms with Crippen LogP contribution in [-0.2, 0) is 30.8 Å². The Balaban J connectivity index is 1.48. The molecule has 0 spiro atoms. The molecule has 0 unspecified atom stereocenters. The minimum absolute atomic E-state index is 0.0321. The second kappa shape index (κ2) is 12.1. The van der Waals surface area contributed by atoms with E-state index in [9.17, 15) is 14.3 Å². The fourth-order valence-corrected chi connectivity index (χ4v) is 7.46. The van der Waals surface area contributed by atoms with Crippen LogP contribution in [0.4, 0.5) is 8.78 Å².